The monoisotopic (exact) mass is 467 g/mol. The number of piperidine rings is 1. The summed E-state index contributed by atoms with van der Waals surface area (Å²) in [5.74, 6) is -0.231. The number of fused-ring (bicyclic) bond motifs is 2. The average molecular weight is 468 g/mol. The molecule has 6 rings (SSSR count). The van der Waals surface area contributed by atoms with E-state index >= 15 is 0 Å². The Morgan fingerprint density at radius 2 is 1.82 bits per heavy atom. The second-order valence-electron chi connectivity index (χ2n) is 11.9. The van der Waals surface area contributed by atoms with Crippen molar-refractivity contribution in [3.05, 3.63) is 0 Å². The van der Waals surface area contributed by atoms with Crippen LogP contribution in [0.5, 0.6) is 0 Å². The number of nitrogens with zero attached hydrogens (tertiary/aromatic N) is 1. The number of hydrogen-bond acceptors (Lipinski definition) is 8. The van der Waals surface area contributed by atoms with Crippen LogP contribution in [-0.4, -0.2) is 110 Å². The van der Waals surface area contributed by atoms with Crippen LogP contribution in [0.15, 0.2) is 0 Å². The Bertz CT molecular complexity index is 814. The average Bonchev–Trinajstić information content (AvgIpc) is 3.22. The van der Waals surface area contributed by atoms with Gasteiger partial charge in [-0.05, 0) is 31.7 Å². The van der Waals surface area contributed by atoms with Gasteiger partial charge in [-0.25, -0.2) is 0 Å². The normalized spacial score (nSPS) is 60.9. The molecule has 1 aliphatic heterocycles. The van der Waals surface area contributed by atoms with E-state index in [4.69, 9.17) is 18.9 Å². The number of aliphatic hydroxyl groups is 3. The summed E-state index contributed by atoms with van der Waals surface area (Å²) in [6.07, 6.45) is 1.06. The Labute approximate surface area is 196 Å². The van der Waals surface area contributed by atoms with Gasteiger partial charge in [0.25, 0.3) is 0 Å². The van der Waals surface area contributed by atoms with Gasteiger partial charge in [0.15, 0.2) is 0 Å². The van der Waals surface area contributed by atoms with Gasteiger partial charge >= 0.3 is 0 Å². The van der Waals surface area contributed by atoms with Gasteiger partial charge in [0.05, 0.1) is 37.1 Å². The minimum absolute atomic E-state index is 0.00825. The van der Waals surface area contributed by atoms with Crippen LogP contribution in [-0.2, 0) is 18.9 Å². The highest BCUT2D eigenvalue weighted by molar-refractivity contribution is 5.41. The maximum Gasteiger partial charge on any atom is 0.136 e. The highest BCUT2D eigenvalue weighted by atomic mass is 16.5. The van der Waals surface area contributed by atoms with Crippen molar-refractivity contribution >= 4 is 0 Å². The van der Waals surface area contributed by atoms with Gasteiger partial charge in [0, 0.05) is 70.0 Å². The van der Waals surface area contributed by atoms with Crippen molar-refractivity contribution in [3.63, 3.8) is 0 Å². The summed E-state index contributed by atoms with van der Waals surface area (Å²) in [5.41, 5.74) is -3.82. The minimum Gasteiger partial charge on any atom is -0.392 e. The molecule has 33 heavy (non-hydrogen) atoms. The lowest BCUT2D eigenvalue weighted by atomic mass is 9.42. The van der Waals surface area contributed by atoms with Crippen LogP contribution in [0.4, 0.5) is 0 Å². The number of hydrogen-bond donors (Lipinski definition) is 3. The summed E-state index contributed by atoms with van der Waals surface area (Å²) in [4.78, 5) is 2.33. The number of likely N-dealkylation sites (tertiary alicyclic amines) is 1. The number of methoxy groups -OCH3 is 4. The van der Waals surface area contributed by atoms with Crippen LogP contribution < -0.4 is 0 Å². The number of ether oxygens (including phenoxy) is 4. The largest absolute Gasteiger partial charge is 0.392 e. The van der Waals surface area contributed by atoms with Crippen LogP contribution in [0.1, 0.15) is 32.6 Å². The second kappa shape index (κ2) is 7.13. The van der Waals surface area contributed by atoms with E-state index in [1.54, 1.807) is 28.4 Å². The van der Waals surface area contributed by atoms with Crippen molar-refractivity contribution in [2.24, 2.45) is 34.5 Å². The number of aliphatic hydroxyl groups excluding tert-OH is 1. The second-order valence-corrected chi connectivity index (χ2v) is 11.9. The van der Waals surface area contributed by atoms with Crippen molar-refractivity contribution in [3.8, 4) is 0 Å². The first-order chi connectivity index (χ1) is 15.8. The standard InChI is InChI=1S/C25H41NO7/c1-6-26-11-22(12-30-2)8-7-16(27)24-14-9-13-15(31-3)10-23(28,17(14)18(13)32-4)25(29,21(24)26)20(33-5)19(22)24/h13-21,27-29H,6-12H2,1-5H3/t13-,14?,15+,16+,17-,18+,19-,20+,21?,22+,23-,24+,25-/m1/s1. The Balaban J connectivity index is 1.67. The molecule has 0 aromatic heterocycles. The summed E-state index contributed by atoms with van der Waals surface area (Å²) >= 11 is 0. The molecule has 6 fully saturated rings. The summed E-state index contributed by atoms with van der Waals surface area (Å²) in [6, 6.07) is -0.386. The fraction of sp³-hybridized carbons (Fsp3) is 1.00. The Morgan fingerprint density at radius 1 is 1.06 bits per heavy atom. The van der Waals surface area contributed by atoms with E-state index in [-0.39, 0.29) is 47.3 Å². The molecule has 0 amide bonds. The maximum absolute atomic E-state index is 12.9. The molecule has 3 N–H and O–H groups in total. The summed E-state index contributed by atoms with van der Waals surface area (Å²) in [6.45, 7) is 4.18. The van der Waals surface area contributed by atoms with Gasteiger partial charge in [-0.15, -0.1) is 0 Å². The van der Waals surface area contributed by atoms with Gasteiger partial charge in [0.1, 0.15) is 11.2 Å². The van der Waals surface area contributed by atoms with Crippen molar-refractivity contribution in [1.29, 1.82) is 0 Å². The van der Waals surface area contributed by atoms with E-state index in [1.165, 1.54) is 0 Å². The zero-order valence-corrected chi connectivity index (χ0v) is 20.6. The van der Waals surface area contributed by atoms with Crippen LogP contribution in [0.3, 0.4) is 0 Å². The summed E-state index contributed by atoms with van der Waals surface area (Å²) < 4.78 is 24.0. The van der Waals surface area contributed by atoms with Crippen LogP contribution in [0, 0.1) is 34.5 Å². The van der Waals surface area contributed by atoms with E-state index in [1.807, 2.05) is 0 Å². The lowest BCUT2D eigenvalue weighted by Crippen LogP contribution is -2.82. The highest BCUT2D eigenvalue weighted by Gasteiger charge is 2.91. The molecule has 6 aliphatic rings. The molecular formula is C25H41NO7. The molecule has 1 saturated heterocycles. The third-order valence-electron chi connectivity index (χ3n) is 11.5. The lowest BCUT2D eigenvalue weighted by molar-refractivity contribution is -0.318. The van der Waals surface area contributed by atoms with Crippen molar-refractivity contribution < 1.29 is 34.3 Å². The molecule has 5 saturated carbocycles. The van der Waals surface area contributed by atoms with Crippen LogP contribution in [0.25, 0.3) is 0 Å². The van der Waals surface area contributed by atoms with Gasteiger partial charge in [0.2, 0.25) is 0 Å². The van der Waals surface area contributed by atoms with Crippen molar-refractivity contribution in [2.45, 2.75) is 74.3 Å². The fourth-order valence-corrected chi connectivity index (χ4v) is 11.0. The van der Waals surface area contributed by atoms with Crippen LogP contribution >= 0.6 is 0 Å². The van der Waals surface area contributed by atoms with E-state index in [9.17, 15) is 15.3 Å². The van der Waals surface area contributed by atoms with Crippen molar-refractivity contribution in [2.75, 3.05) is 48.1 Å². The molecule has 5 aliphatic carbocycles. The zero-order valence-electron chi connectivity index (χ0n) is 20.6. The molecule has 7 bridgehead atoms. The van der Waals surface area contributed by atoms with Gasteiger partial charge in [-0.3, -0.25) is 4.90 Å². The Hall–Kier alpha value is -0.320. The molecule has 8 heteroatoms. The SMILES string of the molecule is CCN1C[C@]2(COC)CC[C@H](O)[C@]34C5C[C@H]6[C@H](OC)[C@@H]5[C@](O)(C[C@@H]6OC)[C@](O)(C13)[C@@H](OC)[C@H]24. The molecule has 1 spiro atoms. The molecular weight excluding hydrogens is 426 g/mol. The molecule has 8 nitrogen and oxygen atoms in total. The smallest absolute Gasteiger partial charge is 0.136 e. The highest BCUT2D eigenvalue weighted by Crippen LogP contribution is 2.80. The number of likely N-dealkylation sites (N-methyl/N-ethyl adjacent to an activating group) is 1. The topological polar surface area (TPSA) is 101 Å². The van der Waals surface area contributed by atoms with Crippen molar-refractivity contribution in [1.82, 2.24) is 4.90 Å². The third kappa shape index (κ3) is 2.20. The summed E-state index contributed by atoms with van der Waals surface area (Å²) in [7, 11) is 6.79. The molecule has 13 atom stereocenters. The predicted octanol–water partition coefficient (Wildman–Crippen LogP) is 0.271. The van der Waals surface area contributed by atoms with Gasteiger partial charge in [-0.2, -0.15) is 0 Å². The molecule has 0 aromatic rings. The fourth-order valence-electron chi connectivity index (χ4n) is 11.0. The quantitative estimate of drug-likeness (QED) is 0.512. The Kier molecular flexibility index (Phi) is 4.99. The van der Waals surface area contributed by atoms with Crippen LogP contribution in [0.2, 0.25) is 0 Å². The maximum atomic E-state index is 12.9. The first kappa shape index (κ1) is 23.1. The third-order valence-corrected chi connectivity index (χ3v) is 11.5. The predicted molar refractivity (Wildman–Crippen MR) is 119 cm³/mol. The molecule has 0 aromatic carbocycles. The Morgan fingerprint density at radius 3 is 2.42 bits per heavy atom. The van der Waals surface area contributed by atoms with E-state index in [0.717, 1.165) is 25.9 Å². The molecule has 2 unspecified atom stereocenters. The minimum atomic E-state index is -1.55. The number of rotatable bonds is 6. The lowest BCUT2D eigenvalue weighted by Gasteiger charge is -2.69. The zero-order chi connectivity index (χ0) is 23.6. The first-order valence-electron chi connectivity index (χ1n) is 12.7. The summed E-state index contributed by atoms with van der Waals surface area (Å²) in [5, 5.41) is 37.6. The van der Waals surface area contributed by atoms with Gasteiger partial charge in [-0.1, -0.05) is 6.92 Å². The molecule has 188 valence electrons. The van der Waals surface area contributed by atoms with E-state index in [2.05, 4.69) is 11.8 Å². The van der Waals surface area contributed by atoms with E-state index in [0.29, 0.717) is 19.4 Å². The molecule has 0 radical (unpaired) electrons. The first-order valence-corrected chi connectivity index (χ1v) is 12.7. The van der Waals surface area contributed by atoms with Gasteiger partial charge < -0.3 is 34.3 Å². The van der Waals surface area contributed by atoms with E-state index < -0.39 is 28.8 Å². The molecule has 1 heterocycles.